The summed E-state index contributed by atoms with van der Waals surface area (Å²) in [4.78, 5) is 18.2. The monoisotopic (exact) mass is 396 g/mol. The molecule has 2 N–H and O–H groups in total. The van der Waals surface area contributed by atoms with Crippen LogP contribution in [0.4, 0.5) is 10.8 Å². The summed E-state index contributed by atoms with van der Waals surface area (Å²) in [7, 11) is -3.69. The zero-order valence-corrected chi connectivity index (χ0v) is 15.7. The van der Waals surface area contributed by atoms with Crippen molar-refractivity contribution in [2.45, 2.75) is 11.3 Å². The van der Waals surface area contributed by atoms with E-state index in [1.807, 2.05) is 0 Å². The SMILES string of the molecule is O=C(CCN1CCOCC1)Nc1ccc(S(=O)(=O)Nc2nccs2)cc1. The molecular formula is C16H20N4O4S2. The zero-order chi connectivity index (χ0) is 18.4. The number of nitrogens with zero attached hydrogens (tertiary/aromatic N) is 2. The molecule has 1 aromatic heterocycles. The summed E-state index contributed by atoms with van der Waals surface area (Å²) in [6.07, 6.45) is 1.91. The van der Waals surface area contributed by atoms with Crippen LogP contribution in [0.5, 0.6) is 0 Å². The molecule has 0 unspecified atom stereocenters. The third kappa shape index (κ3) is 5.24. The normalized spacial score (nSPS) is 15.5. The summed E-state index contributed by atoms with van der Waals surface area (Å²) in [5.74, 6) is -0.104. The Morgan fingerprint density at radius 1 is 1.23 bits per heavy atom. The van der Waals surface area contributed by atoms with E-state index in [4.69, 9.17) is 4.74 Å². The van der Waals surface area contributed by atoms with Crippen molar-refractivity contribution in [3.63, 3.8) is 0 Å². The van der Waals surface area contributed by atoms with Crippen LogP contribution in [0.3, 0.4) is 0 Å². The second-order valence-corrected chi connectivity index (χ2v) is 8.30. The Bertz CT molecular complexity index is 816. The van der Waals surface area contributed by atoms with Gasteiger partial charge in [-0.25, -0.2) is 13.4 Å². The number of rotatable bonds is 7. The number of anilines is 2. The van der Waals surface area contributed by atoms with E-state index >= 15 is 0 Å². The van der Waals surface area contributed by atoms with E-state index in [9.17, 15) is 13.2 Å². The number of amides is 1. The van der Waals surface area contributed by atoms with Gasteiger partial charge >= 0.3 is 0 Å². The molecule has 140 valence electrons. The van der Waals surface area contributed by atoms with Gasteiger partial charge < -0.3 is 10.1 Å². The van der Waals surface area contributed by atoms with Crippen LogP contribution in [0.1, 0.15) is 6.42 Å². The summed E-state index contributed by atoms with van der Waals surface area (Å²) >= 11 is 1.20. The fraction of sp³-hybridized carbons (Fsp3) is 0.375. The lowest BCUT2D eigenvalue weighted by Crippen LogP contribution is -2.38. The number of aromatic nitrogens is 1. The van der Waals surface area contributed by atoms with Gasteiger partial charge in [-0.05, 0) is 24.3 Å². The minimum absolute atomic E-state index is 0.104. The van der Waals surface area contributed by atoms with Crippen molar-refractivity contribution in [1.82, 2.24) is 9.88 Å². The van der Waals surface area contributed by atoms with Gasteiger partial charge in [-0.15, -0.1) is 11.3 Å². The summed E-state index contributed by atoms with van der Waals surface area (Å²) in [6, 6.07) is 6.05. The molecule has 26 heavy (non-hydrogen) atoms. The molecule has 10 heteroatoms. The van der Waals surface area contributed by atoms with Gasteiger partial charge in [0.1, 0.15) is 0 Å². The molecule has 1 aromatic carbocycles. The van der Waals surface area contributed by atoms with Crippen LogP contribution in [0.25, 0.3) is 0 Å². The Morgan fingerprint density at radius 3 is 2.62 bits per heavy atom. The van der Waals surface area contributed by atoms with Gasteiger partial charge in [0.25, 0.3) is 10.0 Å². The molecule has 2 heterocycles. The number of ether oxygens (including phenoxy) is 1. The number of benzene rings is 1. The first kappa shape index (κ1) is 18.8. The molecule has 1 aliphatic heterocycles. The molecule has 0 radical (unpaired) electrons. The van der Waals surface area contributed by atoms with Gasteiger partial charge in [0.2, 0.25) is 5.91 Å². The highest BCUT2D eigenvalue weighted by Crippen LogP contribution is 2.19. The minimum Gasteiger partial charge on any atom is -0.379 e. The lowest BCUT2D eigenvalue weighted by Gasteiger charge is -2.26. The average molecular weight is 396 g/mol. The second kappa shape index (κ2) is 8.58. The Kier molecular flexibility index (Phi) is 6.20. The van der Waals surface area contributed by atoms with E-state index in [2.05, 4.69) is 19.9 Å². The van der Waals surface area contributed by atoms with Crippen LogP contribution in [0.2, 0.25) is 0 Å². The molecule has 0 atom stereocenters. The molecule has 0 aliphatic carbocycles. The zero-order valence-electron chi connectivity index (χ0n) is 14.1. The Labute approximate surface area is 156 Å². The molecule has 0 bridgehead atoms. The van der Waals surface area contributed by atoms with E-state index in [0.717, 1.165) is 13.1 Å². The summed E-state index contributed by atoms with van der Waals surface area (Å²) in [5.41, 5.74) is 0.560. The van der Waals surface area contributed by atoms with Crippen molar-refractivity contribution in [1.29, 1.82) is 0 Å². The van der Waals surface area contributed by atoms with Crippen molar-refractivity contribution in [2.24, 2.45) is 0 Å². The van der Waals surface area contributed by atoms with E-state index in [1.54, 1.807) is 17.5 Å². The second-order valence-electron chi connectivity index (χ2n) is 5.72. The molecule has 0 saturated carbocycles. The van der Waals surface area contributed by atoms with Gasteiger partial charge in [0.05, 0.1) is 18.1 Å². The number of carbonyl (C=O) groups excluding carboxylic acids is 1. The minimum atomic E-state index is -3.69. The molecule has 1 saturated heterocycles. The van der Waals surface area contributed by atoms with Gasteiger partial charge in [-0.3, -0.25) is 14.4 Å². The maximum Gasteiger partial charge on any atom is 0.263 e. The van der Waals surface area contributed by atoms with Gasteiger partial charge in [0.15, 0.2) is 5.13 Å². The van der Waals surface area contributed by atoms with Gasteiger partial charge in [-0.1, -0.05) is 0 Å². The Hall–Kier alpha value is -2.01. The molecule has 1 aliphatic rings. The third-order valence-corrected chi connectivity index (χ3v) is 6.03. The Balaban J connectivity index is 1.52. The van der Waals surface area contributed by atoms with Crippen LogP contribution in [0, 0.1) is 0 Å². The van der Waals surface area contributed by atoms with E-state index in [0.29, 0.717) is 37.0 Å². The van der Waals surface area contributed by atoms with Crippen molar-refractivity contribution in [3.05, 3.63) is 35.8 Å². The number of morpholine rings is 1. The summed E-state index contributed by atoms with van der Waals surface area (Å²) in [6.45, 7) is 3.76. The number of hydrogen-bond donors (Lipinski definition) is 2. The molecular weight excluding hydrogens is 376 g/mol. The lowest BCUT2D eigenvalue weighted by atomic mass is 10.3. The summed E-state index contributed by atoms with van der Waals surface area (Å²) < 4.78 is 32.2. The lowest BCUT2D eigenvalue weighted by molar-refractivity contribution is -0.116. The smallest absolute Gasteiger partial charge is 0.263 e. The van der Waals surface area contributed by atoms with E-state index in [-0.39, 0.29) is 10.8 Å². The summed E-state index contributed by atoms with van der Waals surface area (Å²) in [5, 5.41) is 4.78. The molecule has 0 spiro atoms. The molecule has 8 nitrogen and oxygen atoms in total. The van der Waals surface area contributed by atoms with E-state index < -0.39 is 10.0 Å². The van der Waals surface area contributed by atoms with Crippen LogP contribution >= 0.6 is 11.3 Å². The van der Waals surface area contributed by atoms with Crippen molar-refractivity contribution >= 4 is 38.1 Å². The van der Waals surface area contributed by atoms with Crippen molar-refractivity contribution < 1.29 is 17.9 Å². The first-order chi connectivity index (χ1) is 12.5. The predicted molar refractivity (Wildman–Crippen MR) is 99.9 cm³/mol. The topological polar surface area (TPSA) is 101 Å². The highest BCUT2D eigenvalue weighted by Gasteiger charge is 2.16. The molecule has 2 aromatic rings. The number of nitrogens with one attached hydrogen (secondary N) is 2. The number of hydrogen-bond acceptors (Lipinski definition) is 7. The third-order valence-electron chi connectivity index (χ3n) is 3.86. The van der Waals surface area contributed by atoms with Crippen LogP contribution in [-0.2, 0) is 19.6 Å². The average Bonchev–Trinajstić information content (AvgIpc) is 3.14. The molecule has 1 amide bonds. The van der Waals surface area contributed by atoms with Crippen LogP contribution < -0.4 is 10.0 Å². The maximum absolute atomic E-state index is 12.3. The largest absolute Gasteiger partial charge is 0.379 e. The quantitative estimate of drug-likeness (QED) is 0.737. The maximum atomic E-state index is 12.3. The van der Waals surface area contributed by atoms with Gasteiger partial charge in [-0.2, -0.15) is 0 Å². The Morgan fingerprint density at radius 2 is 1.96 bits per heavy atom. The van der Waals surface area contributed by atoms with Crippen molar-refractivity contribution in [3.8, 4) is 0 Å². The van der Waals surface area contributed by atoms with Crippen LogP contribution in [0.15, 0.2) is 40.7 Å². The highest BCUT2D eigenvalue weighted by atomic mass is 32.2. The standard InChI is InChI=1S/C16H20N4O4S2/c21-15(5-7-20-8-10-24-11-9-20)18-13-1-3-14(4-2-13)26(22,23)19-16-17-6-12-25-16/h1-4,6,12H,5,7-11H2,(H,17,19)(H,18,21). The fourth-order valence-corrected chi connectivity index (χ4v) is 4.26. The van der Waals surface area contributed by atoms with Crippen molar-refractivity contribution in [2.75, 3.05) is 42.9 Å². The first-order valence-corrected chi connectivity index (χ1v) is 10.5. The number of carbonyl (C=O) groups is 1. The predicted octanol–water partition coefficient (Wildman–Crippen LogP) is 1.60. The molecule has 3 rings (SSSR count). The number of thiazole rings is 1. The fourth-order valence-electron chi connectivity index (χ4n) is 2.47. The van der Waals surface area contributed by atoms with Gasteiger partial charge in [0, 0.05) is 43.3 Å². The van der Waals surface area contributed by atoms with E-state index in [1.165, 1.54) is 29.7 Å². The molecule has 1 fully saturated rings. The number of sulfonamides is 1. The van der Waals surface area contributed by atoms with Crippen LogP contribution in [-0.4, -0.2) is 57.1 Å². The first-order valence-electron chi connectivity index (χ1n) is 8.15. The highest BCUT2D eigenvalue weighted by molar-refractivity contribution is 7.93.